The summed E-state index contributed by atoms with van der Waals surface area (Å²) in [5.74, 6) is -5.16. The molecule has 3 rings (SSSR count). The zero-order chi connectivity index (χ0) is 18.8. The number of piperidine rings is 1. The van der Waals surface area contributed by atoms with E-state index in [9.17, 15) is 22.8 Å². The molecule has 26 heavy (non-hydrogen) atoms. The van der Waals surface area contributed by atoms with E-state index in [2.05, 4.69) is 4.90 Å². The van der Waals surface area contributed by atoms with Gasteiger partial charge in [-0.25, -0.2) is 13.2 Å². The minimum atomic E-state index is -1.64. The first kappa shape index (κ1) is 18.7. The third-order valence-electron chi connectivity index (χ3n) is 5.21. The van der Waals surface area contributed by atoms with E-state index in [1.54, 1.807) is 0 Å². The van der Waals surface area contributed by atoms with Crippen LogP contribution in [0.25, 0.3) is 0 Å². The molecule has 2 amide bonds. The van der Waals surface area contributed by atoms with E-state index in [0.717, 1.165) is 25.2 Å². The number of nitrogens with zero attached hydrogens (tertiary/aromatic N) is 3. The van der Waals surface area contributed by atoms with Gasteiger partial charge in [-0.2, -0.15) is 0 Å². The number of halogens is 3. The van der Waals surface area contributed by atoms with Crippen LogP contribution >= 0.6 is 0 Å². The smallest absolute Gasteiger partial charge is 0.256 e. The Morgan fingerprint density at radius 2 is 1.50 bits per heavy atom. The number of likely N-dealkylation sites (N-methyl/N-ethyl adjacent to an activating group) is 1. The average molecular weight is 369 g/mol. The van der Waals surface area contributed by atoms with Crippen LogP contribution in [0.3, 0.4) is 0 Å². The van der Waals surface area contributed by atoms with Crippen molar-refractivity contribution in [1.82, 2.24) is 14.7 Å². The summed E-state index contributed by atoms with van der Waals surface area (Å²) in [5.41, 5.74) is -0.479. The fourth-order valence-electron chi connectivity index (χ4n) is 3.48. The second-order valence-corrected chi connectivity index (χ2v) is 6.92. The summed E-state index contributed by atoms with van der Waals surface area (Å²) in [6, 6.07) is 1.70. The fraction of sp³-hybridized carbons (Fsp3) is 0.556. The fourth-order valence-corrected chi connectivity index (χ4v) is 3.48. The lowest BCUT2D eigenvalue weighted by atomic mass is 9.94. The van der Waals surface area contributed by atoms with Crippen molar-refractivity contribution < 1.29 is 22.8 Å². The molecule has 0 atom stereocenters. The van der Waals surface area contributed by atoms with Crippen LogP contribution in [0.4, 0.5) is 13.2 Å². The third-order valence-corrected chi connectivity index (χ3v) is 5.21. The molecule has 0 unspecified atom stereocenters. The lowest BCUT2D eigenvalue weighted by Gasteiger charge is -2.37. The van der Waals surface area contributed by atoms with E-state index >= 15 is 0 Å². The highest BCUT2D eigenvalue weighted by molar-refractivity contribution is 5.94. The molecule has 142 valence electrons. The third kappa shape index (κ3) is 3.70. The minimum absolute atomic E-state index is 0.101. The van der Waals surface area contributed by atoms with Crippen molar-refractivity contribution in [2.24, 2.45) is 5.92 Å². The summed E-state index contributed by atoms with van der Waals surface area (Å²) in [4.78, 5) is 30.4. The van der Waals surface area contributed by atoms with E-state index < -0.39 is 28.9 Å². The summed E-state index contributed by atoms with van der Waals surface area (Å²) in [6.07, 6.45) is 0.977. The van der Waals surface area contributed by atoms with Gasteiger partial charge in [0.15, 0.2) is 17.5 Å². The highest BCUT2D eigenvalue weighted by Gasteiger charge is 2.32. The van der Waals surface area contributed by atoms with E-state index in [1.807, 2.05) is 11.9 Å². The molecule has 0 spiro atoms. The Kier molecular flexibility index (Phi) is 5.50. The first-order valence-electron chi connectivity index (χ1n) is 8.78. The average Bonchev–Trinajstić information content (AvgIpc) is 2.66. The quantitative estimate of drug-likeness (QED) is 0.746. The SMILES string of the molecule is CN1CCN(C(=O)C2CCN(C(=O)c3ccc(F)c(F)c3F)CC2)CC1. The number of piperazine rings is 1. The van der Waals surface area contributed by atoms with Crippen LogP contribution < -0.4 is 0 Å². The Balaban J connectivity index is 1.59. The summed E-state index contributed by atoms with van der Waals surface area (Å²) in [5, 5.41) is 0. The van der Waals surface area contributed by atoms with Crippen LogP contribution in [0.15, 0.2) is 12.1 Å². The molecule has 5 nitrogen and oxygen atoms in total. The molecule has 0 aromatic heterocycles. The Morgan fingerprint density at radius 1 is 0.885 bits per heavy atom. The van der Waals surface area contributed by atoms with Crippen molar-refractivity contribution in [3.8, 4) is 0 Å². The Labute approximate surface area is 150 Å². The molecule has 2 heterocycles. The topological polar surface area (TPSA) is 43.9 Å². The van der Waals surface area contributed by atoms with Gasteiger partial charge in [-0.05, 0) is 32.0 Å². The van der Waals surface area contributed by atoms with E-state index in [4.69, 9.17) is 0 Å². The Bertz CT molecular complexity index is 697. The Morgan fingerprint density at radius 3 is 2.12 bits per heavy atom. The van der Waals surface area contributed by atoms with Gasteiger partial charge in [0.1, 0.15) is 0 Å². The maximum atomic E-state index is 13.8. The van der Waals surface area contributed by atoms with Gasteiger partial charge >= 0.3 is 0 Å². The molecular formula is C18H22F3N3O2. The monoisotopic (exact) mass is 369 g/mol. The van der Waals surface area contributed by atoms with Gasteiger partial charge in [0, 0.05) is 45.2 Å². The maximum Gasteiger partial charge on any atom is 0.256 e. The highest BCUT2D eigenvalue weighted by atomic mass is 19.2. The Hall–Kier alpha value is -2.09. The molecule has 1 aromatic carbocycles. The predicted octanol–water partition coefficient (Wildman–Crippen LogP) is 1.73. The summed E-state index contributed by atoms with van der Waals surface area (Å²) in [7, 11) is 2.02. The summed E-state index contributed by atoms with van der Waals surface area (Å²) < 4.78 is 40.2. The van der Waals surface area contributed by atoms with Gasteiger partial charge in [0.05, 0.1) is 5.56 Å². The number of amides is 2. The number of hydrogen-bond donors (Lipinski definition) is 0. The van der Waals surface area contributed by atoms with Crippen LogP contribution in [-0.4, -0.2) is 72.8 Å². The number of carbonyl (C=O) groups is 2. The predicted molar refractivity (Wildman–Crippen MR) is 89.0 cm³/mol. The number of carbonyl (C=O) groups excluding carboxylic acids is 2. The molecule has 0 aliphatic carbocycles. The van der Waals surface area contributed by atoms with E-state index in [1.165, 1.54) is 4.90 Å². The number of likely N-dealkylation sites (tertiary alicyclic amines) is 1. The van der Waals surface area contributed by atoms with Gasteiger partial charge < -0.3 is 14.7 Å². The molecule has 0 radical (unpaired) electrons. The number of hydrogen-bond acceptors (Lipinski definition) is 3. The zero-order valence-corrected chi connectivity index (χ0v) is 14.7. The second kappa shape index (κ2) is 7.65. The number of rotatable bonds is 2. The van der Waals surface area contributed by atoms with Crippen molar-refractivity contribution in [2.75, 3.05) is 46.3 Å². The molecule has 2 fully saturated rings. The van der Waals surface area contributed by atoms with Crippen LogP contribution in [0, 0.1) is 23.4 Å². The van der Waals surface area contributed by atoms with Crippen molar-refractivity contribution in [3.05, 3.63) is 35.1 Å². The van der Waals surface area contributed by atoms with Crippen molar-refractivity contribution >= 4 is 11.8 Å². The van der Waals surface area contributed by atoms with Gasteiger partial charge in [0.2, 0.25) is 5.91 Å². The van der Waals surface area contributed by atoms with Crippen LogP contribution in [0.5, 0.6) is 0 Å². The molecule has 0 saturated carbocycles. The van der Waals surface area contributed by atoms with E-state index in [-0.39, 0.29) is 11.8 Å². The van der Waals surface area contributed by atoms with Crippen LogP contribution in [0.1, 0.15) is 23.2 Å². The standard InChI is InChI=1S/C18H22F3N3O2/c1-22-8-10-24(11-9-22)17(25)12-4-6-23(7-5-12)18(26)13-2-3-14(19)16(21)15(13)20/h2-3,12H,4-11H2,1H3. The first-order chi connectivity index (χ1) is 12.4. The lowest BCUT2D eigenvalue weighted by Crippen LogP contribution is -2.51. The molecule has 2 aliphatic rings. The van der Waals surface area contributed by atoms with Gasteiger partial charge in [-0.3, -0.25) is 9.59 Å². The van der Waals surface area contributed by atoms with Gasteiger partial charge in [0.25, 0.3) is 5.91 Å². The van der Waals surface area contributed by atoms with Crippen LogP contribution in [-0.2, 0) is 4.79 Å². The summed E-state index contributed by atoms with van der Waals surface area (Å²) >= 11 is 0. The molecule has 2 aliphatic heterocycles. The molecule has 0 N–H and O–H groups in total. The van der Waals surface area contributed by atoms with Crippen molar-refractivity contribution in [3.63, 3.8) is 0 Å². The van der Waals surface area contributed by atoms with Gasteiger partial charge in [-0.15, -0.1) is 0 Å². The molecule has 0 bridgehead atoms. The summed E-state index contributed by atoms with van der Waals surface area (Å²) in [6.45, 7) is 3.68. The van der Waals surface area contributed by atoms with Crippen molar-refractivity contribution in [2.45, 2.75) is 12.8 Å². The van der Waals surface area contributed by atoms with E-state index in [0.29, 0.717) is 39.0 Å². The molecular weight excluding hydrogens is 347 g/mol. The molecule has 1 aromatic rings. The van der Waals surface area contributed by atoms with Crippen LogP contribution in [0.2, 0.25) is 0 Å². The maximum absolute atomic E-state index is 13.8. The molecule has 8 heteroatoms. The largest absolute Gasteiger partial charge is 0.340 e. The zero-order valence-electron chi connectivity index (χ0n) is 14.7. The van der Waals surface area contributed by atoms with Crippen molar-refractivity contribution in [1.29, 1.82) is 0 Å². The highest BCUT2D eigenvalue weighted by Crippen LogP contribution is 2.23. The first-order valence-corrected chi connectivity index (χ1v) is 8.78. The molecule has 2 saturated heterocycles. The normalized spacial score (nSPS) is 19.7. The lowest BCUT2D eigenvalue weighted by molar-refractivity contribution is -0.138. The minimum Gasteiger partial charge on any atom is -0.340 e. The number of benzene rings is 1. The second-order valence-electron chi connectivity index (χ2n) is 6.92. The van der Waals surface area contributed by atoms with Gasteiger partial charge in [-0.1, -0.05) is 0 Å².